The maximum absolute atomic E-state index is 6.09. The topological polar surface area (TPSA) is 36.3 Å². The summed E-state index contributed by atoms with van der Waals surface area (Å²) in [6.07, 6.45) is 3.80. The summed E-state index contributed by atoms with van der Waals surface area (Å²) in [6, 6.07) is 8.51. The number of hydrogen-bond acceptors (Lipinski definition) is 3. The van der Waals surface area contributed by atoms with Gasteiger partial charge in [-0.05, 0) is 50.8 Å². The van der Waals surface area contributed by atoms with Crippen molar-refractivity contribution in [2.45, 2.75) is 65.1 Å². The highest BCUT2D eigenvalue weighted by molar-refractivity contribution is 6.62. The SMILES string of the molecule is CC(C)(C)c1ccc(-n2cc(B3OC(C)(C)C(C)(C)O3)cn2)cc1. The normalized spacial score (nSPS) is 19.7. The Morgan fingerprint density at radius 1 is 0.958 bits per heavy atom. The second kappa shape index (κ2) is 5.46. The lowest BCUT2D eigenvalue weighted by atomic mass is 9.82. The van der Waals surface area contributed by atoms with E-state index < -0.39 is 0 Å². The van der Waals surface area contributed by atoms with Gasteiger partial charge in [-0.2, -0.15) is 5.10 Å². The van der Waals surface area contributed by atoms with Crippen LogP contribution >= 0.6 is 0 Å². The summed E-state index contributed by atoms with van der Waals surface area (Å²) in [6.45, 7) is 14.9. The molecule has 1 aromatic heterocycles. The zero-order chi connectivity index (χ0) is 17.8. The van der Waals surface area contributed by atoms with Crippen LogP contribution in [0.5, 0.6) is 0 Å². The summed E-state index contributed by atoms with van der Waals surface area (Å²) in [5, 5.41) is 4.48. The zero-order valence-electron chi connectivity index (χ0n) is 15.8. The van der Waals surface area contributed by atoms with Crippen molar-refractivity contribution in [2.24, 2.45) is 0 Å². The van der Waals surface area contributed by atoms with E-state index in [1.165, 1.54) is 5.56 Å². The lowest BCUT2D eigenvalue weighted by Crippen LogP contribution is -2.41. The summed E-state index contributed by atoms with van der Waals surface area (Å²) in [4.78, 5) is 0. The minimum Gasteiger partial charge on any atom is -0.399 e. The first-order valence-electron chi connectivity index (χ1n) is 8.51. The molecule has 0 atom stereocenters. The van der Waals surface area contributed by atoms with Crippen molar-refractivity contribution in [3.8, 4) is 5.69 Å². The van der Waals surface area contributed by atoms with E-state index in [4.69, 9.17) is 9.31 Å². The number of rotatable bonds is 2. The highest BCUT2D eigenvalue weighted by atomic mass is 16.7. The second-order valence-corrected chi connectivity index (χ2v) is 8.60. The van der Waals surface area contributed by atoms with Crippen molar-refractivity contribution in [1.82, 2.24) is 9.78 Å². The molecule has 4 nitrogen and oxygen atoms in total. The van der Waals surface area contributed by atoms with Crippen molar-refractivity contribution in [1.29, 1.82) is 0 Å². The Kier molecular flexibility index (Phi) is 3.93. The molecule has 128 valence electrons. The van der Waals surface area contributed by atoms with Gasteiger partial charge in [0.25, 0.3) is 0 Å². The molecule has 1 aliphatic rings. The molecule has 5 heteroatoms. The van der Waals surface area contributed by atoms with Crippen LogP contribution in [0.3, 0.4) is 0 Å². The molecule has 2 aromatic rings. The second-order valence-electron chi connectivity index (χ2n) is 8.60. The standard InChI is InChI=1S/C19H27BN2O2/c1-17(2,3)14-8-10-16(11-9-14)22-13-15(12-21-22)20-23-18(4,5)19(6,7)24-20/h8-13H,1-7H3. The Labute approximate surface area is 145 Å². The summed E-state index contributed by atoms with van der Waals surface area (Å²) in [5.41, 5.74) is 2.75. The Hall–Kier alpha value is -1.59. The quantitative estimate of drug-likeness (QED) is 0.793. The lowest BCUT2D eigenvalue weighted by molar-refractivity contribution is 0.00578. The molecule has 1 aliphatic heterocycles. The number of benzene rings is 1. The van der Waals surface area contributed by atoms with Crippen LogP contribution < -0.4 is 5.46 Å². The van der Waals surface area contributed by atoms with E-state index in [-0.39, 0.29) is 23.7 Å². The number of hydrogen-bond donors (Lipinski definition) is 0. The van der Waals surface area contributed by atoms with E-state index in [0.29, 0.717) is 0 Å². The van der Waals surface area contributed by atoms with Gasteiger partial charge >= 0.3 is 7.12 Å². The smallest absolute Gasteiger partial charge is 0.399 e. The molecule has 0 radical (unpaired) electrons. The van der Waals surface area contributed by atoms with E-state index >= 15 is 0 Å². The minimum absolute atomic E-state index is 0.149. The van der Waals surface area contributed by atoms with Gasteiger partial charge in [0.2, 0.25) is 0 Å². The van der Waals surface area contributed by atoms with E-state index in [0.717, 1.165) is 11.2 Å². The van der Waals surface area contributed by atoms with Gasteiger partial charge < -0.3 is 9.31 Å². The van der Waals surface area contributed by atoms with Crippen LogP contribution in [-0.2, 0) is 14.7 Å². The fourth-order valence-electron chi connectivity index (χ4n) is 2.69. The fraction of sp³-hybridized carbons (Fsp3) is 0.526. The maximum atomic E-state index is 6.09. The summed E-state index contributed by atoms with van der Waals surface area (Å²) in [5.74, 6) is 0. The van der Waals surface area contributed by atoms with Crippen LogP contribution in [0.25, 0.3) is 5.69 Å². The Morgan fingerprint density at radius 2 is 1.50 bits per heavy atom. The van der Waals surface area contributed by atoms with Gasteiger partial charge in [-0.15, -0.1) is 0 Å². The first-order valence-corrected chi connectivity index (χ1v) is 8.51. The monoisotopic (exact) mass is 326 g/mol. The van der Waals surface area contributed by atoms with Gasteiger partial charge in [-0.25, -0.2) is 4.68 Å². The molecule has 0 saturated carbocycles. The van der Waals surface area contributed by atoms with E-state index in [9.17, 15) is 0 Å². The molecule has 0 N–H and O–H groups in total. The van der Waals surface area contributed by atoms with Crippen LogP contribution in [-0.4, -0.2) is 28.1 Å². The highest BCUT2D eigenvalue weighted by Gasteiger charge is 2.52. The predicted molar refractivity (Wildman–Crippen MR) is 98.0 cm³/mol. The van der Waals surface area contributed by atoms with Gasteiger partial charge in [0.05, 0.1) is 16.9 Å². The summed E-state index contributed by atoms with van der Waals surface area (Å²) in [7, 11) is -0.377. The van der Waals surface area contributed by atoms with Gasteiger partial charge in [0.15, 0.2) is 0 Å². The average Bonchev–Trinajstić information content (AvgIpc) is 3.02. The number of aromatic nitrogens is 2. The third-order valence-corrected chi connectivity index (χ3v) is 5.13. The Morgan fingerprint density at radius 3 is 2.00 bits per heavy atom. The summed E-state index contributed by atoms with van der Waals surface area (Å²) >= 11 is 0. The molecule has 1 aromatic carbocycles. The Bertz CT molecular complexity index is 711. The molecule has 3 rings (SSSR count). The van der Waals surface area contributed by atoms with Crippen molar-refractivity contribution >= 4 is 12.6 Å². The zero-order valence-corrected chi connectivity index (χ0v) is 15.8. The van der Waals surface area contributed by atoms with E-state index in [1.54, 1.807) is 0 Å². The molecule has 0 unspecified atom stereocenters. The molecule has 0 spiro atoms. The van der Waals surface area contributed by atoms with Crippen molar-refractivity contribution in [3.63, 3.8) is 0 Å². The molecule has 24 heavy (non-hydrogen) atoms. The Balaban J connectivity index is 1.82. The minimum atomic E-state index is -0.377. The first-order chi connectivity index (χ1) is 11.0. The molecule has 0 aliphatic carbocycles. The molecule has 0 bridgehead atoms. The maximum Gasteiger partial charge on any atom is 0.498 e. The predicted octanol–water partition coefficient (Wildman–Crippen LogP) is 3.47. The largest absolute Gasteiger partial charge is 0.498 e. The van der Waals surface area contributed by atoms with Crippen molar-refractivity contribution < 1.29 is 9.31 Å². The molecule has 0 amide bonds. The number of nitrogens with zero attached hydrogens (tertiary/aromatic N) is 2. The van der Waals surface area contributed by atoms with Crippen LogP contribution in [0.2, 0.25) is 0 Å². The lowest BCUT2D eigenvalue weighted by Gasteiger charge is -2.32. The third-order valence-electron chi connectivity index (χ3n) is 5.13. The van der Waals surface area contributed by atoms with Crippen LogP contribution in [0, 0.1) is 0 Å². The van der Waals surface area contributed by atoms with Gasteiger partial charge in [-0.1, -0.05) is 32.9 Å². The highest BCUT2D eigenvalue weighted by Crippen LogP contribution is 2.36. The summed E-state index contributed by atoms with van der Waals surface area (Å²) < 4.78 is 14.0. The van der Waals surface area contributed by atoms with Crippen LogP contribution in [0.15, 0.2) is 36.7 Å². The first kappa shape index (κ1) is 17.2. The molecule has 2 heterocycles. The van der Waals surface area contributed by atoms with Crippen molar-refractivity contribution in [2.75, 3.05) is 0 Å². The van der Waals surface area contributed by atoms with Crippen molar-refractivity contribution in [3.05, 3.63) is 42.2 Å². The molecular weight excluding hydrogens is 299 g/mol. The van der Waals surface area contributed by atoms with Crippen LogP contribution in [0.1, 0.15) is 54.0 Å². The van der Waals surface area contributed by atoms with Gasteiger partial charge in [-0.3, -0.25) is 0 Å². The molecule has 1 saturated heterocycles. The average molecular weight is 326 g/mol. The van der Waals surface area contributed by atoms with E-state index in [2.05, 4.69) is 77.8 Å². The van der Waals surface area contributed by atoms with E-state index in [1.807, 2.05) is 17.1 Å². The third kappa shape index (κ3) is 3.03. The molecular formula is C19H27BN2O2. The fourth-order valence-corrected chi connectivity index (χ4v) is 2.69. The molecule has 1 fully saturated rings. The van der Waals surface area contributed by atoms with Gasteiger partial charge in [0, 0.05) is 17.9 Å². The van der Waals surface area contributed by atoms with Gasteiger partial charge in [0.1, 0.15) is 0 Å². The van der Waals surface area contributed by atoms with Crippen LogP contribution in [0.4, 0.5) is 0 Å².